The van der Waals surface area contributed by atoms with Crippen molar-refractivity contribution in [3.63, 3.8) is 0 Å². The Morgan fingerprint density at radius 1 is 0.957 bits per heavy atom. The van der Waals surface area contributed by atoms with Crippen molar-refractivity contribution >= 4 is 10.1 Å². The smallest absolute Gasteiger partial charge is 0.261 e. The molecule has 6 heteroatoms. The zero-order valence-corrected chi connectivity index (χ0v) is 13.7. The van der Waals surface area contributed by atoms with Gasteiger partial charge in [-0.05, 0) is 11.1 Å². The van der Waals surface area contributed by atoms with Gasteiger partial charge in [-0.2, -0.15) is 8.42 Å². The Kier molecular flexibility index (Phi) is 5.90. The lowest BCUT2D eigenvalue weighted by molar-refractivity contribution is -0.0160. The number of hydrogen-bond donors (Lipinski definition) is 2. The van der Waals surface area contributed by atoms with Crippen molar-refractivity contribution in [1.82, 2.24) is 4.90 Å². The van der Waals surface area contributed by atoms with Crippen LogP contribution in [-0.2, 0) is 10.1 Å². The average molecular weight is 335 g/mol. The van der Waals surface area contributed by atoms with E-state index in [4.69, 9.17) is 4.55 Å². The van der Waals surface area contributed by atoms with Gasteiger partial charge in [0.05, 0.1) is 18.4 Å². The van der Waals surface area contributed by atoms with Crippen LogP contribution >= 0.6 is 0 Å². The van der Waals surface area contributed by atoms with Crippen LogP contribution in [0.3, 0.4) is 0 Å². The molecule has 5 nitrogen and oxygen atoms in total. The number of hydrogen-bond acceptors (Lipinski definition) is 4. The topological polar surface area (TPSA) is 77.8 Å². The number of aliphatic hydroxyl groups is 1. The van der Waals surface area contributed by atoms with Gasteiger partial charge in [0.1, 0.15) is 0 Å². The van der Waals surface area contributed by atoms with Crippen molar-refractivity contribution in [3.8, 4) is 0 Å². The van der Waals surface area contributed by atoms with E-state index in [1.165, 1.54) is 11.1 Å². The monoisotopic (exact) mass is 335 g/mol. The summed E-state index contributed by atoms with van der Waals surface area (Å²) in [5, 5.41) is 9.52. The van der Waals surface area contributed by atoms with Crippen LogP contribution in [0.1, 0.15) is 17.2 Å². The minimum Gasteiger partial charge on any atom is -0.390 e. The second-order valence-electron chi connectivity index (χ2n) is 5.56. The van der Waals surface area contributed by atoms with E-state index in [1.807, 2.05) is 12.1 Å². The van der Waals surface area contributed by atoms with Gasteiger partial charge in [-0.3, -0.25) is 9.45 Å². The molecule has 0 saturated carbocycles. The first-order valence-electron chi connectivity index (χ1n) is 7.29. The molecule has 2 aromatic carbocycles. The van der Waals surface area contributed by atoms with Gasteiger partial charge in [-0.25, -0.2) is 0 Å². The summed E-state index contributed by atoms with van der Waals surface area (Å²) < 4.78 is 25.9. The largest absolute Gasteiger partial charge is 0.390 e. The number of nitrogens with zero attached hydrogens (tertiary/aromatic N) is 1. The summed E-state index contributed by atoms with van der Waals surface area (Å²) in [6.45, 7) is 1.52. The number of aliphatic hydroxyl groups excluding tert-OH is 1. The van der Waals surface area contributed by atoms with E-state index in [1.54, 1.807) is 0 Å². The lowest BCUT2D eigenvalue weighted by atomic mass is 9.94. The summed E-state index contributed by atoms with van der Waals surface area (Å²) in [5.74, 6) is 0. The van der Waals surface area contributed by atoms with E-state index in [-0.39, 0.29) is 12.1 Å². The van der Waals surface area contributed by atoms with E-state index in [2.05, 4.69) is 53.4 Å². The molecule has 0 spiro atoms. The maximum atomic E-state index is 9.52. The Morgan fingerprint density at radius 3 is 1.61 bits per heavy atom. The quantitative estimate of drug-likeness (QED) is 0.839. The fraction of sp³-hybridized carbons (Fsp3) is 0.294. The molecule has 23 heavy (non-hydrogen) atoms. The summed E-state index contributed by atoms with van der Waals surface area (Å²) in [6, 6.07) is 21.2. The van der Waals surface area contributed by atoms with Crippen LogP contribution in [0.25, 0.3) is 0 Å². The highest BCUT2D eigenvalue weighted by molar-refractivity contribution is 7.85. The number of benzene rings is 2. The second kappa shape index (κ2) is 7.70. The highest BCUT2D eigenvalue weighted by Gasteiger charge is 2.32. The third-order valence-electron chi connectivity index (χ3n) is 3.49. The van der Waals surface area contributed by atoms with Gasteiger partial charge in [0.25, 0.3) is 10.1 Å². The van der Waals surface area contributed by atoms with Gasteiger partial charge in [-0.15, -0.1) is 0 Å². The fourth-order valence-electron chi connectivity index (χ4n) is 2.58. The molecule has 3 rings (SSSR count). The van der Waals surface area contributed by atoms with Crippen molar-refractivity contribution in [2.45, 2.75) is 12.1 Å². The standard InChI is InChI=1S/C16H17NO.CH4O3S/c18-15-11-17(12-15)16(13-7-3-1-4-8-13)14-9-5-2-6-10-14;1-5(2,3)4/h1-10,15-16,18H,11-12H2;1H3,(H,2,3,4). The molecule has 2 aromatic rings. The molecule has 0 aliphatic carbocycles. The van der Waals surface area contributed by atoms with Crippen molar-refractivity contribution in [2.75, 3.05) is 19.3 Å². The van der Waals surface area contributed by atoms with Crippen LogP contribution in [0.15, 0.2) is 60.7 Å². The van der Waals surface area contributed by atoms with Crippen LogP contribution in [0, 0.1) is 0 Å². The highest BCUT2D eigenvalue weighted by Crippen LogP contribution is 2.31. The molecule has 0 amide bonds. The Morgan fingerprint density at radius 2 is 1.30 bits per heavy atom. The summed E-state index contributed by atoms with van der Waals surface area (Å²) in [5.41, 5.74) is 2.58. The number of likely N-dealkylation sites (tertiary alicyclic amines) is 1. The first-order valence-corrected chi connectivity index (χ1v) is 9.14. The minimum absolute atomic E-state index is 0.167. The van der Waals surface area contributed by atoms with Gasteiger partial charge in [0, 0.05) is 13.1 Å². The fourth-order valence-corrected chi connectivity index (χ4v) is 2.58. The number of β-amino-alcohol motifs (C(OH)–C–C–N with tert-alkyl or cyclic N) is 1. The van der Waals surface area contributed by atoms with Gasteiger partial charge >= 0.3 is 0 Å². The normalized spacial score (nSPS) is 15.7. The second-order valence-corrected chi connectivity index (χ2v) is 7.03. The van der Waals surface area contributed by atoms with Crippen molar-refractivity contribution in [2.24, 2.45) is 0 Å². The summed E-state index contributed by atoms with van der Waals surface area (Å²) in [6.07, 6.45) is 0.549. The maximum absolute atomic E-state index is 9.52. The summed E-state index contributed by atoms with van der Waals surface area (Å²) in [7, 11) is -3.67. The lowest BCUT2D eigenvalue weighted by Gasteiger charge is -2.42. The molecule has 124 valence electrons. The zero-order valence-electron chi connectivity index (χ0n) is 12.9. The lowest BCUT2D eigenvalue weighted by Crippen LogP contribution is -2.52. The van der Waals surface area contributed by atoms with E-state index in [0.29, 0.717) is 6.26 Å². The average Bonchev–Trinajstić information content (AvgIpc) is 2.46. The van der Waals surface area contributed by atoms with E-state index < -0.39 is 10.1 Å². The maximum Gasteiger partial charge on any atom is 0.261 e. The van der Waals surface area contributed by atoms with Crippen LogP contribution in [0.5, 0.6) is 0 Å². The first-order chi connectivity index (χ1) is 10.8. The van der Waals surface area contributed by atoms with Gasteiger partial charge in [-0.1, -0.05) is 60.7 Å². The SMILES string of the molecule is CS(=O)(=O)O.OC1CN(C(c2ccccc2)c2ccccc2)C1. The molecule has 1 aliphatic heterocycles. The summed E-state index contributed by atoms with van der Waals surface area (Å²) >= 11 is 0. The van der Waals surface area contributed by atoms with Gasteiger partial charge in [0.2, 0.25) is 0 Å². The molecule has 1 aliphatic rings. The number of rotatable bonds is 3. The minimum atomic E-state index is -3.67. The molecular formula is C17H21NO4S. The predicted molar refractivity (Wildman–Crippen MR) is 89.8 cm³/mol. The Bertz CT molecular complexity index is 650. The molecule has 0 bridgehead atoms. The van der Waals surface area contributed by atoms with Crippen LogP contribution < -0.4 is 0 Å². The molecule has 1 heterocycles. The molecule has 0 aromatic heterocycles. The molecular weight excluding hydrogens is 314 g/mol. The van der Waals surface area contributed by atoms with Crippen molar-refractivity contribution < 1.29 is 18.1 Å². The van der Waals surface area contributed by atoms with E-state index >= 15 is 0 Å². The molecule has 2 N–H and O–H groups in total. The third-order valence-corrected chi connectivity index (χ3v) is 3.49. The zero-order chi connectivity index (χ0) is 16.9. The Labute approximate surface area is 136 Å². The summed E-state index contributed by atoms with van der Waals surface area (Å²) in [4.78, 5) is 2.31. The third kappa shape index (κ3) is 5.76. The van der Waals surface area contributed by atoms with Gasteiger partial charge in [0.15, 0.2) is 0 Å². The molecule has 0 unspecified atom stereocenters. The van der Waals surface area contributed by atoms with E-state index in [9.17, 15) is 13.5 Å². The Hall–Kier alpha value is -1.73. The molecule has 1 saturated heterocycles. The van der Waals surface area contributed by atoms with Crippen LogP contribution in [0.2, 0.25) is 0 Å². The van der Waals surface area contributed by atoms with Gasteiger partial charge < -0.3 is 5.11 Å². The van der Waals surface area contributed by atoms with E-state index in [0.717, 1.165) is 13.1 Å². The molecule has 0 atom stereocenters. The van der Waals surface area contributed by atoms with Crippen LogP contribution in [-0.4, -0.2) is 48.4 Å². The molecule has 0 radical (unpaired) electrons. The van der Waals surface area contributed by atoms with Crippen molar-refractivity contribution in [1.29, 1.82) is 0 Å². The Balaban J connectivity index is 0.000000338. The van der Waals surface area contributed by atoms with Crippen LogP contribution in [0.4, 0.5) is 0 Å². The predicted octanol–water partition coefficient (Wildman–Crippen LogP) is 1.96. The first kappa shape index (κ1) is 17.6. The molecule has 1 fully saturated rings. The van der Waals surface area contributed by atoms with Crippen molar-refractivity contribution in [3.05, 3.63) is 71.8 Å². The highest BCUT2D eigenvalue weighted by atomic mass is 32.2.